The van der Waals surface area contributed by atoms with E-state index in [-0.39, 0.29) is 22.9 Å². The highest BCUT2D eigenvalue weighted by molar-refractivity contribution is 7.89. The summed E-state index contributed by atoms with van der Waals surface area (Å²) >= 11 is 0. The third kappa shape index (κ3) is 4.40. The van der Waals surface area contributed by atoms with Gasteiger partial charge in [-0.25, -0.2) is 13.1 Å². The Morgan fingerprint density at radius 1 is 1.32 bits per heavy atom. The molecule has 1 aromatic carbocycles. The lowest BCUT2D eigenvalue weighted by molar-refractivity contribution is -0.0226. The van der Waals surface area contributed by atoms with E-state index in [1.807, 2.05) is 6.92 Å². The third-order valence-electron chi connectivity index (χ3n) is 4.95. The number of benzene rings is 1. The summed E-state index contributed by atoms with van der Waals surface area (Å²) in [6.45, 7) is 3.63. The molecule has 2 aliphatic rings. The largest absolute Gasteiger partial charge is 0.375 e. The number of nitrogens with zero attached hydrogens (tertiary/aromatic N) is 1. The molecule has 6 nitrogen and oxygen atoms in total. The molecule has 1 N–H and O–H groups in total. The van der Waals surface area contributed by atoms with Crippen LogP contribution in [0.2, 0.25) is 0 Å². The van der Waals surface area contributed by atoms with Crippen LogP contribution in [0.1, 0.15) is 49.4 Å². The van der Waals surface area contributed by atoms with Gasteiger partial charge in [-0.15, -0.1) is 0 Å². The van der Waals surface area contributed by atoms with Gasteiger partial charge >= 0.3 is 0 Å². The quantitative estimate of drug-likeness (QED) is 0.866. The third-order valence-corrected chi connectivity index (χ3v) is 6.47. The molecule has 0 bridgehead atoms. The number of rotatable bonds is 5. The highest BCUT2D eigenvalue weighted by atomic mass is 32.2. The van der Waals surface area contributed by atoms with Gasteiger partial charge in [0.1, 0.15) is 0 Å². The molecule has 0 spiro atoms. The molecule has 1 aromatic rings. The summed E-state index contributed by atoms with van der Waals surface area (Å²) < 4.78 is 33.5. The molecule has 7 heteroatoms. The van der Waals surface area contributed by atoms with Gasteiger partial charge in [0.15, 0.2) is 0 Å². The zero-order valence-corrected chi connectivity index (χ0v) is 15.4. The fraction of sp³-hybridized carbons (Fsp3) is 0.611. The van der Waals surface area contributed by atoms with Crippen LogP contribution in [0.5, 0.6) is 0 Å². The maximum atomic E-state index is 12.7. The highest BCUT2D eigenvalue weighted by Gasteiger charge is 2.26. The Morgan fingerprint density at radius 2 is 2.08 bits per heavy atom. The number of amides is 1. The molecule has 1 saturated carbocycles. The van der Waals surface area contributed by atoms with Crippen LogP contribution in [0.3, 0.4) is 0 Å². The van der Waals surface area contributed by atoms with Crippen LogP contribution in [0, 0.1) is 0 Å². The monoisotopic (exact) mass is 366 g/mol. The van der Waals surface area contributed by atoms with Crippen LogP contribution in [0.25, 0.3) is 0 Å². The molecule has 25 heavy (non-hydrogen) atoms. The molecule has 138 valence electrons. The predicted molar refractivity (Wildman–Crippen MR) is 95.0 cm³/mol. The molecule has 1 aliphatic carbocycles. The molecular weight excluding hydrogens is 340 g/mol. The lowest BCUT2D eigenvalue weighted by Crippen LogP contribution is -2.45. The first kappa shape index (κ1) is 18.4. The van der Waals surface area contributed by atoms with E-state index in [2.05, 4.69) is 4.72 Å². The van der Waals surface area contributed by atoms with Crippen molar-refractivity contribution in [1.82, 2.24) is 9.62 Å². The van der Waals surface area contributed by atoms with Gasteiger partial charge in [0.05, 0.1) is 17.6 Å². The second-order valence-corrected chi connectivity index (χ2v) is 8.50. The number of hydrogen-bond donors (Lipinski definition) is 1. The molecule has 0 radical (unpaired) electrons. The van der Waals surface area contributed by atoms with Gasteiger partial charge in [0.2, 0.25) is 10.0 Å². The Balaban J connectivity index is 1.75. The van der Waals surface area contributed by atoms with Gasteiger partial charge in [-0.1, -0.05) is 25.8 Å². The summed E-state index contributed by atoms with van der Waals surface area (Å²) in [6.07, 6.45) is 4.77. The van der Waals surface area contributed by atoms with Crippen LogP contribution in [-0.4, -0.2) is 51.1 Å². The highest BCUT2D eigenvalue weighted by Crippen LogP contribution is 2.21. The van der Waals surface area contributed by atoms with Gasteiger partial charge in [0, 0.05) is 24.7 Å². The van der Waals surface area contributed by atoms with E-state index in [9.17, 15) is 13.2 Å². The Kier molecular flexibility index (Phi) is 5.76. The van der Waals surface area contributed by atoms with E-state index in [4.69, 9.17) is 4.74 Å². The molecule has 1 amide bonds. The predicted octanol–water partition coefficient (Wildman–Crippen LogP) is 2.16. The zero-order valence-electron chi connectivity index (χ0n) is 14.6. The molecule has 2 fully saturated rings. The van der Waals surface area contributed by atoms with Crippen molar-refractivity contribution in [2.75, 3.05) is 19.7 Å². The van der Waals surface area contributed by atoms with Gasteiger partial charge in [0.25, 0.3) is 5.91 Å². The van der Waals surface area contributed by atoms with Crippen LogP contribution >= 0.6 is 0 Å². The number of carbonyl (C=O) groups excluding carboxylic acids is 1. The smallest absolute Gasteiger partial charge is 0.254 e. The standard InChI is InChI=1S/C18H26N2O4S/c1-2-16-13-20(10-11-24-16)18(21)14-6-5-9-17(12-14)25(22,23)19-15-7-3-4-8-15/h5-6,9,12,15-16,19H,2-4,7-8,10-11,13H2,1H3/t16-/m1/s1. The molecule has 1 heterocycles. The lowest BCUT2D eigenvalue weighted by Gasteiger charge is -2.32. The van der Waals surface area contributed by atoms with Crippen LogP contribution in [0.4, 0.5) is 0 Å². The van der Waals surface area contributed by atoms with Gasteiger partial charge in [-0.2, -0.15) is 0 Å². The van der Waals surface area contributed by atoms with Crippen molar-refractivity contribution in [3.05, 3.63) is 29.8 Å². The average molecular weight is 366 g/mol. The zero-order chi connectivity index (χ0) is 17.9. The number of morpholine rings is 1. The average Bonchev–Trinajstić information content (AvgIpc) is 3.13. The molecule has 1 saturated heterocycles. The van der Waals surface area contributed by atoms with Crippen LogP contribution in [-0.2, 0) is 14.8 Å². The SMILES string of the molecule is CC[C@@H]1CN(C(=O)c2cccc(S(=O)(=O)NC3CCCC3)c2)CCO1. The van der Waals surface area contributed by atoms with Crippen molar-refractivity contribution in [1.29, 1.82) is 0 Å². The van der Waals surface area contributed by atoms with Crippen molar-refractivity contribution < 1.29 is 17.9 Å². The maximum Gasteiger partial charge on any atom is 0.254 e. The molecule has 1 aliphatic heterocycles. The molecule has 3 rings (SSSR count). The molecule has 0 unspecified atom stereocenters. The minimum Gasteiger partial charge on any atom is -0.375 e. The fourth-order valence-electron chi connectivity index (χ4n) is 3.46. The van der Waals surface area contributed by atoms with E-state index < -0.39 is 10.0 Å². The van der Waals surface area contributed by atoms with Crippen molar-refractivity contribution in [2.45, 2.75) is 56.1 Å². The van der Waals surface area contributed by atoms with E-state index >= 15 is 0 Å². The maximum absolute atomic E-state index is 12.7. The van der Waals surface area contributed by atoms with E-state index in [0.717, 1.165) is 32.1 Å². The van der Waals surface area contributed by atoms with Crippen molar-refractivity contribution in [2.24, 2.45) is 0 Å². The number of hydrogen-bond acceptors (Lipinski definition) is 4. The van der Waals surface area contributed by atoms with Crippen LogP contribution in [0.15, 0.2) is 29.2 Å². The lowest BCUT2D eigenvalue weighted by atomic mass is 10.1. The fourth-order valence-corrected chi connectivity index (χ4v) is 4.81. The van der Waals surface area contributed by atoms with E-state index in [1.165, 1.54) is 6.07 Å². The topological polar surface area (TPSA) is 75.7 Å². The molecule has 0 aromatic heterocycles. The van der Waals surface area contributed by atoms with Crippen molar-refractivity contribution >= 4 is 15.9 Å². The van der Waals surface area contributed by atoms with Gasteiger partial charge < -0.3 is 9.64 Å². The minimum absolute atomic E-state index is 0.00825. The second kappa shape index (κ2) is 7.85. The first-order valence-electron chi connectivity index (χ1n) is 9.03. The summed E-state index contributed by atoms with van der Waals surface area (Å²) in [6, 6.07) is 6.34. The number of sulfonamides is 1. The second-order valence-electron chi connectivity index (χ2n) is 6.78. The summed E-state index contributed by atoms with van der Waals surface area (Å²) in [7, 11) is -3.59. The number of carbonyl (C=O) groups is 1. The Labute approximate surface area is 149 Å². The summed E-state index contributed by atoms with van der Waals surface area (Å²) in [4.78, 5) is 14.6. The van der Waals surface area contributed by atoms with Gasteiger partial charge in [-0.05, 0) is 37.5 Å². The van der Waals surface area contributed by atoms with Crippen molar-refractivity contribution in [3.63, 3.8) is 0 Å². The number of ether oxygens (including phenoxy) is 1. The van der Waals surface area contributed by atoms with Crippen molar-refractivity contribution in [3.8, 4) is 0 Å². The van der Waals surface area contributed by atoms with Crippen LogP contribution < -0.4 is 4.72 Å². The van der Waals surface area contributed by atoms with Gasteiger partial charge in [-0.3, -0.25) is 4.79 Å². The molecule has 1 atom stereocenters. The Morgan fingerprint density at radius 3 is 2.80 bits per heavy atom. The Bertz CT molecular complexity index is 714. The Hall–Kier alpha value is -1.44. The van der Waals surface area contributed by atoms with E-state index in [1.54, 1.807) is 23.1 Å². The first-order valence-corrected chi connectivity index (χ1v) is 10.5. The van der Waals surface area contributed by atoms with E-state index in [0.29, 0.717) is 25.3 Å². The summed E-state index contributed by atoms with van der Waals surface area (Å²) in [5, 5.41) is 0. The summed E-state index contributed by atoms with van der Waals surface area (Å²) in [5.41, 5.74) is 0.408. The minimum atomic E-state index is -3.59. The molecular formula is C18H26N2O4S. The number of nitrogens with one attached hydrogen (secondary N) is 1. The first-order chi connectivity index (χ1) is 12.0. The summed E-state index contributed by atoms with van der Waals surface area (Å²) in [5.74, 6) is -0.139. The normalized spacial score (nSPS) is 22.3.